The number of amides is 1. The molecule has 1 aliphatic rings. The summed E-state index contributed by atoms with van der Waals surface area (Å²) in [5.74, 6) is 1.09. The number of aromatic nitrogens is 2. The average molecular weight is 342 g/mol. The van der Waals surface area contributed by atoms with Crippen molar-refractivity contribution < 1.29 is 9.53 Å². The van der Waals surface area contributed by atoms with E-state index in [0.717, 1.165) is 37.5 Å². The lowest BCUT2D eigenvalue weighted by molar-refractivity contribution is -0.127. The fourth-order valence-corrected chi connectivity index (χ4v) is 3.15. The Kier molecular flexibility index (Phi) is 5.38. The number of carbonyl (C=O) groups is 1. The molecule has 2 heterocycles. The van der Waals surface area contributed by atoms with Crippen molar-refractivity contribution in [3.63, 3.8) is 0 Å². The van der Waals surface area contributed by atoms with Crippen molar-refractivity contribution >= 4 is 5.91 Å². The first-order valence-corrected chi connectivity index (χ1v) is 8.68. The van der Waals surface area contributed by atoms with Gasteiger partial charge in [-0.15, -0.1) is 0 Å². The molecule has 1 amide bonds. The molecule has 1 saturated heterocycles. The number of methoxy groups -OCH3 is 1. The maximum atomic E-state index is 12.2. The smallest absolute Gasteiger partial charge is 0.224 e. The summed E-state index contributed by atoms with van der Waals surface area (Å²) in [5, 5.41) is 7.75. The Hall–Kier alpha value is -2.34. The number of hydrogen-bond acceptors (Lipinski definition) is 4. The summed E-state index contributed by atoms with van der Waals surface area (Å²) in [4.78, 5) is 14.2. The fraction of sp³-hybridized carbons (Fsp3) is 0.474. The van der Waals surface area contributed by atoms with E-state index in [1.54, 1.807) is 7.11 Å². The normalized spacial score (nSPS) is 17.3. The van der Waals surface area contributed by atoms with Gasteiger partial charge in [-0.05, 0) is 31.0 Å². The molecule has 0 spiro atoms. The highest BCUT2D eigenvalue weighted by Crippen LogP contribution is 2.16. The molecule has 2 aromatic rings. The largest absolute Gasteiger partial charge is 0.497 e. The highest BCUT2D eigenvalue weighted by molar-refractivity contribution is 5.79. The van der Waals surface area contributed by atoms with Crippen LogP contribution in [0.15, 0.2) is 30.5 Å². The van der Waals surface area contributed by atoms with E-state index in [9.17, 15) is 4.79 Å². The molecule has 1 aromatic heterocycles. The first-order chi connectivity index (χ1) is 12.1. The highest BCUT2D eigenvalue weighted by Gasteiger charge is 2.28. The predicted molar refractivity (Wildman–Crippen MR) is 96.5 cm³/mol. The highest BCUT2D eigenvalue weighted by atomic mass is 16.5. The number of nitrogens with one attached hydrogen (secondary N) is 1. The Morgan fingerprint density at radius 1 is 1.32 bits per heavy atom. The predicted octanol–water partition coefficient (Wildman–Crippen LogP) is 1.67. The minimum atomic E-state index is 0.211. The number of rotatable bonds is 7. The van der Waals surface area contributed by atoms with Crippen LogP contribution in [0.1, 0.15) is 23.2 Å². The first-order valence-electron chi connectivity index (χ1n) is 8.68. The van der Waals surface area contributed by atoms with E-state index in [1.165, 1.54) is 11.1 Å². The van der Waals surface area contributed by atoms with Crippen LogP contribution in [0.25, 0.3) is 0 Å². The Bertz CT molecular complexity index is 724. The number of likely N-dealkylation sites (tertiary alicyclic amines) is 1. The third-order valence-electron chi connectivity index (χ3n) is 4.96. The number of carbonyl (C=O) groups excluding carboxylic acids is 1. The summed E-state index contributed by atoms with van der Waals surface area (Å²) in [6, 6.07) is 8.24. The van der Waals surface area contributed by atoms with Gasteiger partial charge >= 0.3 is 0 Å². The molecule has 3 rings (SSSR count). The molecule has 0 radical (unpaired) electrons. The van der Waals surface area contributed by atoms with Crippen LogP contribution in [0.5, 0.6) is 5.75 Å². The average Bonchev–Trinajstić information content (AvgIpc) is 3.14. The lowest BCUT2D eigenvalue weighted by Gasteiger charge is -2.17. The van der Waals surface area contributed by atoms with Gasteiger partial charge in [0.05, 0.1) is 13.3 Å². The third kappa shape index (κ3) is 4.20. The number of nitrogens with zero attached hydrogens (tertiary/aromatic N) is 3. The standard InChI is InChI=1S/C19H26N4O2/c1-14-16(12-21-22(14)2)11-20-17-10-19(24)23(13-17)9-8-15-4-6-18(25-3)7-5-15/h4-7,12,17,20H,8-11,13H2,1-3H3/t17-/m0/s1. The van der Waals surface area contributed by atoms with E-state index in [0.29, 0.717) is 6.42 Å². The van der Waals surface area contributed by atoms with Gasteiger partial charge in [0.25, 0.3) is 0 Å². The van der Waals surface area contributed by atoms with E-state index in [-0.39, 0.29) is 11.9 Å². The Morgan fingerprint density at radius 3 is 2.72 bits per heavy atom. The molecular formula is C19H26N4O2. The van der Waals surface area contributed by atoms with E-state index < -0.39 is 0 Å². The SMILES string of the molecule is COc1ccc(CCN2C[C@@H](NCc3cnn(C)c3C)CC2=O)cc1. The Balaban J connectivity index is 1.47. The number of hydrogen-bond donors (Lipinski definition) is 1. The molecule has 134 valence electrons. The monoisotopic (exact) mass is 342 g/mol. The molecule has 0 saturated carbocycles. The summed E-state index contributed by atoms with van der Waals surface area (Å²) in [6.07, 6.45) is 3.33. The molecule has 1 fully saturated rings. The molecule has 1 atom stereocenters. The van der Waals surface area contributed by atoms with Gasteiger partial charge in [-0.1, -0.05) is 12.1 Å². The molecule has 6 heteroatoms. The molecule has 25 heavy (non-hydrogen) atoms. The van der Waals surface area contributed by atoms with Gasteiger partial charge in [0.2, 0.25) is 5.91 Å². The van der Waals surface area contributed by atoms with Gasteiger partial charge in [-0.3, -0.25) is 9.48 Å². The van der Waals surface area contributed by atoms with Crippen LogP contribution in [0.4, 0.5) is 0 Å². The zero-order chi connectivity index (χ0) is 17.8. The van der Waals surface area contributed by atoms with Crippen molar-refractivity contribution in [1.29, 1.82) is 0 Å². The van der Waals surface area contributed by atoms with E-state index in [1.807, 2.05) is 35.0 Å². The van der Waals surface area contributed by atoms with Crippen LogP contribution in [-0.4, -0.2) is 46.8 Å². The minimum Gasteiger partial charge on any atom is -0.497 e. The summed E-state index contributed by atoms with van der Waals surface area (Å²) in [6.45, 7) is 4.35. The van der Waals surface area contributed by atoms with Crippen LogP contribution in [0, 0.1) is 6.92 Å². The first kappa shape index (κ1) is 17.5. The third-order valence-corrected chi connectivity index (χ3v) is 4.96. The van der Waals surface area contributed by atoms with Crippen molar-refractivity contribution in [1.82, 2.24) is 20.0 Å². The summed E-state index contributed by atoms with van der Waals surface area (Å²) < 4.78 is 7.05. The second-order valence-corrected chi connectivity index (χ2v) is 6.60. The van der Waals surface area contributed by atoms with E-state index >= 15 is 0 Å². The van der Waals surface area contributed by atoms with Crippen LogP contribution >= 0.6 is 0 Å². The fourth-order valence-electron chi connectivity index (χ4n) is 3.15. The van der Waals surface area contributed by atoms with Gasteiger partial charge in [-0.25, -0.2) is 0 Å². The number of benzene rings is 1. The number of ether oxygens (including phenoxy) is 1. The van der Waals surface area contributed by atoms with Crippen LogP contribution in [0.3, 0.4) is 0 Å². The molecular weight excluding hydrogens is 316 g/mol. The van der Waals surface area contributed by atoms with Gasteiger partial charge in [0.15, 0.2) is 0 Å². The number of aryl methyl sites for hydroxylation is 1. The van der Waals surface area contributed by atoms with Crippen molar-refractivity contribution in [3.05, 3.63) is 47.3 Å². The second kappa shape index (κ2) is 7.70. The van der Waals surface area contributed by atoms with Crippen LogP contribution in [-0.2, 0) is 24.8 Å². The van der Waals surface area contributed by atoms with Crippen LogP contribution in [0.2, 0.25) is 0 Å². The minimum absolute atomic E-state index is 0.211. The molecule has 0 unspecified atom stereocenters. The van der Waals surface area contributed by atoms with Gasteiger partial charge in [-0.2, -0.15) is 5.10 Å². The quantitative estimate of drug-likeness (QED) is 0.832. The molecule has 1 aromatic carbocycles. The molecule has 0 bridgehead atoms. The molecule has 1 aliphatic heterocycles. The van der Waals surface area contributed by atoms with E-state index in [4.69, 9.17) is 4.74 Å². The van der Waals surface area contributed by atoms with Gasteiger partial charge in [0.1, 0.15) is 5.75 Å². The van der Waals surface area contributed by atoms with Crippen LogP contribution < -0.4 is 10.1 Å². The van der Waals surface area contributed by atoms with Gasteiger partial charge < -0.3 is 15.0 Å². The van der Waals surface area contributed by atoms with Crippen molar-refractivity contribution in [2.24, 2.45) is 7.05 Å². The topological polar surface area (TPSA) is 59.4 Å². The summed E-state index contributed by atoms with van der Waals surface area (Å²) in [5.41, 5.74) is 3.57. The van der Waals surface area contributed by atoms with Crippen molar-refractivity contribution in [3.8, 4) is 5.75 Å². The maximum absolute atomic E-state index is 12.2. The second-order valence-electron chi connectivity index (χ2n) is 6.60. The summed E-state index contributed by atoms with van der Waals surface area (Å²) >= 11 is 0. The lowest BCUT2D eigenvalue weighted by atomic mass is 10.1. The lowest BCUT2D eigenvalue weighted by Crippen LogP contribution is -2.33. The van der Waals surface area contributed by atoms with Crippen molar-refractivity contribution in [2.45, 2.75) is 32.4 Å². The van der Waals surface area contributed by atoms with E-state index in [2.05, 4.69) is 29.5 Å². The Morgan fingerprint density at radius 2 is 2.08 bits per heavy atom. The Labute approximate surface area is 148 Å². The van der Waals surface area contributed by atoms with Crippen molar-refractivity contribution in [2.75, 3.05) is 20.2 Å². The maximum Gasteiger partial charge on any atom is 0.224 e. The zero-order valence-electron chi connectivity index (χ0n) is 15.2. The zero-order valence-corrected chi connectivity index (χ0v) is 15.2. The molecule has 1 N–H and O–H groups in total. The summed E-state index contributed by atoms with van der Waals surface area (Å²) in [7, 11) is 3.61. The molecule has 6 nitrogen and oxygen atoms in total. The molecule has 0 aliphatic carbocycles. The van der Waals surface area contributed by atoms with Gasteiger partial charge in [0, 0.05) is 50.4 Å².